The van der Waals surface area contributed by atoms with Gasteiger partial charge < -0.3 is 14.5 Å². The summed E-state index contributed by atoms with van der Waals surface area (Å²) in [6.07, 6.45) is 0. The molecule has 1 N–H and O–H groups in total. The molecule has 0 saturated heterocycles. The molecular weight excluding hydrogens is 226 g/mol. The third-order valence-corrected chi connectivity index (χ3v) is 2.77. The molecule has 0 saturated carbocycles. The number of para-hydroxylation sites is 1. The highest BCUT2D eigenvalue weighted by molar-refractivity contribution is 5.82. The lowest BCUT2D eigenvalue weighted by atomic mass is 10.1. The number of ether oxygens (including phenoxy) is 1. The molecule has 0 radical (unpaired) electrons. The maximum atomic E-state index is 5.88. The topological polar surface area (TPSA) is 34.4 Å². The second-order valence-corrected chi connectivity index (χ2v) is 5.43. The van der Waals surface area contributed by atoms with Crippen LogP contribution in [0, 0.1) is 0 Å². The van der Waals surface area contributed by atoms with Crippen LogP contribution in [0.4, 0.5) is 0 Å². The van der Waals surface area contributed by atoms with E-state index in [0.29, 0.717) is 6.61 Å². The van der Waals surface area contributed by atoms with Crippen molar-refractivity contribution in [1.29, 1.82) is 0 Å². The van der Waals surface area contributed by atoms with Crippen molar-refractivity contribution in [3.8, 4) is 0 Å². The molecule has 0 amide bonds. The summed E-state index contributed by atoms with van der Waals surface area (Å²) in [7, 11) is 1.94. The second kappa shape index (κ2) is 5.12. The van der Waals surface area contributed by atoms with Crippen molar-refractivity contribution < 1.29 is 9.15 Å². The van der Waals surface area contributed by atoms with Crippen LogP contribution >= 0.6 is 0 Å². The van der Waals surface area contributed by atoms with Gasteiger partial charge in [0, 0.05) is 17.5 Å². The highest BCUT2D eigenvalue weighted by Crippen LogP contribution is 2.27. The van der Waals surface area contributed by atoms with Gasteiger partial charge in [0.15, 0.2) is 0 Å². The number of hydrogen-bond donors (Lipinski definition) is 1. The van der Waals surface area contributed by atoms with E-state index in [9.17, 15) is 0 Å². The number of nitrogens with one attached hydrogen (secondary N) is 1. The fourth-order valence-electron chi connectivity index (χ4n) is 1.92. The van der Waals surface area contributed by atoms with Gasteiger partial charge in [-0.15, -0.1) is 0 Å². The van der Waals surface area contributed by atoms with E-state index in [1.54, 1.807) is 0 Å². The fraction of sp³-hybridized carbons (Fsp3) is 0.467. The molecule has 3 heteroatoms. The lowest BCUT2D eigenvalue weighted by Crippen LogP contribution is -2.19. The fourth-order valence-corrected chi connectivity index (χ4v) is 1.92. The molecule has 0 aliphatic heterocycles. The normalized spacial score (nSPS) is 12.2. The third kappa shape index (κ3) is 2.92. The molecule has 1 heterocycles. The Morgan fingerprint density at radius 3 is 2.61 bits per heavy atom. The first-order valence-corrected chi connectivity index (χ1v) is 6.29. The molecule has 0 aliphatic carbocycles. The van der Waals surface area contributed by atoms with Crippen LogP contribution in [0.25, 0.3) is 11.0 Å². The summed E-state index contributed by atoms with van der Waals surface area (Å²) in [4.78, 5) is 0. The predicted octanol–water partition coefficient (Wildman–Crippen LogP) is 3.47. The van der Waals surface area contributed by atoms with E-state index >= 15 is 0 Å². The van der Waals surface area contributed by atoms with Crippen molar-refractivity contribution in [3.63, 3.8) is 0 Å². The summed E-state index contributed by atoms with van der Waals surface area (Å²) >= 11 is 0. The van der Waals surface area contributed by atoms with Crippen molar-refractivity contribution in [2.75, 3.05) is 7.05 Å². The molecule has 1 aromatic heterocycles. The lowest BCUT2D eigenvalue weighted by Gasteiger charge is -2.18. The largest absolute Gasteiger partial charge is 0.458 e. The van der Waals surface area contributed by atoms with Gasteiger partial charge in [-0.2, -0.15) is 0 Å². The van der Waals surface area contributed by atoms with Crippen molar-refractivity contribution >= 4 is 11.0 Å². The summed E-state index contributed by atoms with van der Waals surface area (Å²) in [5.41, 5.74) is 1.96. The SMILES string of the molecule is CNCc1c(COC(C)(C)C)oc2ccccc12. The predicted molar refractivity (Wildman–Crippen MR) is 73.5 cm³/mol. The monoisotopic (exact) mass is 247 g/mol. The number of hydrogen-bond acceptors (Lipinski definition) is 3. The maximum Gasteiger partial charge on any atom is 0.135 e. The highest BCUT2D eigenvalue weighted by Gasteiger charge is 2.16. The van der Waals surface area contributed by atoms with Crippen LogP contribution in [0.15, 0.2) is 28.7 Å². The van der Waals surface area contributed by atoms with E-state index in [1.807, 2.05) is 46.0 Å². The quantitative estimate of drug-likeness (QED) is 0.898. The summed E-state index contributed by atoms with van der Waals surface area (Å²) in [5.74, 6) is 0.917. The van der Waals surface area contributed by atoms with Crippen LogP contribution in [0.3, 0.4) is 0 Å². The van der Waals surface area contributed by atoms with E-state index in [4.69, 9.17) is 9.15 Å². The van der Waals surface area contributed by atoms with E-state index in [-0.39, 0.29) is 5.60 Å². The molecule has 98 valence electrons. The zero-order valence-electron chi connectivity index (χ0n) is 11.5. The summed E-state index contributed by atoms with van der Waals surface area (Å²) in [6, 6.07) is 8.11. The van der Waals surface area contributed by atoms with Crippen molar-refractivity contribution in [1.82, 2.24) is 5.32 Å². The van der Waals surface area contributed by atoms with Gasteiger partial charge >= 0.3 is 0 Å². The Kier molecular flexibility index (Phi) is 3.73. The maximum absolute atomic E-state index is 5.88. The van der Waals surface area contributed by atoms with Crippen LogP contribution in [0.2, 0.25) is 0 Å². The Hall–Kier alpha value is -1.32. The lowest BCUT2D eigenvalue weighted by molar-refractivity contribution is -0.0223. The zero-order valence-corrected chi connectivity index (χ0v) is 11.5. The van der Waals surface area contributed by atoms with Crippen LogP contribution in [-0.4, -0.2) is 12.6 Å². The van der Waals surface area contributed by atoms with Gasteiger partial charge in [-0.1, -0.05) is 18.2 Å². The minimum atomic E-state index is -0.157. The smallest absolute Gasteiger partial charge is 0.135 e. The van der Waals surface area contributed by atoms with Gasteiger partial charge in [-0.3, -0.25) is 0 Å². The molecule has 2 rings (SSSR count). The van der Waals surface area contributed by atoms with Gasteiger partial charge in [0.25, 0.3) is 0 Å². The van der Waals surface area contributed by atoms with E-state index < -0.39 is 0 Å². The first kappa shape index (κ1) is 13.1. The third-order valence-electron chi connectivity index (χ3n) is 2.77. The van der Waals surface area contributed by atoms with E-state index in [1.165, 1.54) is 10.9 Å². The van der Waals surface area contributed by atoms with Crippen molar-refractivity contribution in [2.45, 2.75) is 39.5 Å². The molecule has 1 aromatic carbocycles. The second-order valence-electron chi connectivity index (χ2n) is 5.43. The number of furan rings is 1. The number of benzene rings is 1. The average Bonchev–Trinajstić information content (AvgIpc) is 2.65. The minimum absolute atomic E-state index is 0.157. The molecule has 0 atom stereocenters. The van der Waals surface area contributed by atoms with Crippen molar-refractivity contribution in [3.05, 3.63) is 35.6 Å². The molecule has 2 aromatic rings. The molecular formula is C15H21NO2. The van der Waals surface area contributed by atoms with Crippen LogP contribution < -0.4 is 5.32 Å². The van der Waals surface area contributed by atoms with Crippen LogP contribution in [0.5, 0.6) is 0 Å². The Morgan fingerprint density at radius 2 is 1.94 bits per heavy atom. The summed E-state index contributed by atoms with van der Waals surface area (Å²) < 4.78 is 11.7. The number of fused-ring (bicyclic) bond motifs is 1. The average molecular weight is 247 g/mol. The highest BCUT2D eigenvalue weighted by atomic mass is 16.5. The van der Waals surface area contributed by atoms with Gasteiger partial charge in [0.2, 0.25) is 0 Å². The zero-order chi connectivity index (χ0) is 13.2. The molecule has 0 spiro atoms. The van der Waals surface area contributed by atoms with Gasteiger partial charge in [-0.05, 0) is 33.9 Å². The van der Waals surface area contributed by atoms with Gasteiger partial charge in [0.05, 0.1) is 5.60 Å². The Morgan fingerprint density at radius 1 is 1.22 bits per heavy atom. The number of rotatable bonds is 4. The molecule has 0 aliphatic rings. The first-order valence-electron chi connectivity index (χ1n) is 6.29. The van der Waals surface area contributed by atoms with Gasteiger partial charge in [0.1, 0.15) is 18.0 Å². The molecule has 0 unspecified atom stereocenters. The minimum Gasteiger partial charge on any atom is -0.458 e. The van der Waals surface area contributed by atoms with Gasteiger partial charge in [-0.25, -0.2) is 0 Å². The molecule has 0 bridgehead atoms. The van der Waals surface area contributed by atoms with Crippen LogP contribution in [-0.2, 0) is 17.9 Å². The first-order chi connectivity index (χ1) is 8.51. The molecule has 18 heavy (non-hydrogen) atoms. The Balaban J connectivity index is 2.33. The summed E-state index contributed by atoms with van der Waals surface area (Å²) in [6.45, 7) is 7.45. The standard InChI is InChI=1S/C15H21NO2/c1-15(2,3)17-10-14-12(9-16-4)11-7-5-6-8-13(11)18-14/h5-8,16H,9-10H2,1-4H3. The molecule has 0 fully saturated rings. The van der Waals surface area contributed by atoms with Crippen LogP contribution in [0.1, 0.15) is 32.1 Å². The summed E-state index contributed by atoms with van der Waals surface area (Å²) in [5, 5.41) is 4.35. The van der Waals surface area contributed by atoms with E-state index in [0.717, 1.165) is 17.9 Å². The van der Waals surface area contributed by atoms with Crippen molar-refractivity contribution in [2.24, 2.45) is 0 Å². The van der Waals surface area contributed by atoms with E-state index in [2.05, 4.69) is 11.4 Å². The Bertz CT molecular complexity index is 523. The molecule has 3 nitrogen and oxygen atoms in total. The Labute approximate surface area is 108 Å².